The van der Waals surface area contributed by atoms with E-state index in [9.17, 15) is 14.4 Å². The Morgan fingerprint density at radius 1 is 1.40 bits per heavy atom. The minimum Gasteiger partial charge on any atom is -0.480 e. The lowest BCUT2D eigenvalue weighted by Gasteiger charge is -2.08. The van der Waals surface area contributed by atoms with Gasteiger partial charge in [-0.2, -0.15) is 9.36 Å². The van der Waals surface area contributed by atoms with Crippen molar-refractivity contribution >= 4 is 11.9 Å². The van der Waals surface area contributed by atoms with Gasteiger partial charge in [-0.05, 0) is 30.2 Å². The van der Waals surface area contributed by atoms with Crippen LogP contribution in [0.15, 0.2) is 4.79 Å². The Morgan fingerprint density at radius 2 is 2.05 bits per heavy atom. The van der Waals surface area contributed by atoms with Crippen molar-refractivity contribution in [3.8, 4) is 0 Å². The molecular formula is C11H17N5O4. The van der Waals surface area contributed by atoms with Gasteiger partial charge in [-0.1, -0.05) is 12.8 Å². The van der Waals surface area contributed by atoms with Crippen molar-refractivity contribution < 1.29 is 14.7 Å². The van der Waals surface area contributed by atoms with Gasteiger partial charge in [0, 0.05) is 0 Å². The second-order valence-corrected chi connectivity index (χ2v) is 4.93. The molecule has 2 rings (SSSR count). The summed E-state index contributed by atoms with van der Waals surface area (Å²) in [6.45, 7) is 1.02. The molecule has 1 aliphatic carbocycles. The molecular weight excluding hydrogens is 266 g/mol. The second kappa shape index (κ2) is 5.85. The van der Waals surface area contributed by atoms with Gasteiger partial charge in [0.2, 0.25) is 5.91 Å². The van der Waals surface area contributed by atoms with E-state index < -0.39 is 23.6 Å². The van der Waals surface area contributed by atoms with E-state index in [1.807, 2.05) is 0 Å². The first-order valence-corrected chi connectivity index (χ1v) is 6.53. The predicted molar refractivity (Wildman–Crippen MR) is 67.0 cm³/mol. The Morgan fingerprint density at radius 3 is 2.65 bits per heavy atom. The molecule has 9 nitrogen and oxygen atoms in total. The van der Waals surface area contributed by atoms with Gasteiger partial charge in [0.25, 0.3) is 0 Å². The van der Waals surface area contributed by atoms with Crippen molar-refractivity contribution in [2.24, 2.45) is 0 Å². The van der Waals surface area contributed by atoms with E-state index in [-0.39, 0.29) is 12.6 Å². The van der Waals surface area contributed by atoms with Crippen LogP contribution in [0.1, 0.15) is 38.6 Å². The summed E-state index contributed by atoms with van der Waals surface area (Å²) >= 11 is 0. The van der Waals surface area contributed by atoms with E-state index >= 15 is 0 Å². The molecule has 1 saturated carbocycles. The fraction of sp³-hybridized carbons (Fsp3) is 0.727. The van der Waals surface area contributed by atoms with E-state index in [4.69, 9.17) is 5.11 Å². The molecule has 0 bridgehead atoms. The van der Waals surface area contributed by atoms with Gasteiger partial charge in [-0.25, -0.2) is 4.79 Å². The number of hydrogen-bond acceptors (Lipinski definition) is 5. The maximum absolute atomic E-state index is 12.0. The number of nitrogens with one attached hydrogen (secondary N) is 1. The first-order valence-electron chi connectivity index (χ1n) is 6.53. The molecule has 1 heterocycles. The quantitative estimate of drug-likeness (QED) is 0.726. The number of nitrogens with zero attached hydrogens (tertiary/aromatic N) is 4. The summed E-state index contributed by atoms with van der Waals surface area (Å²) in [7, 11) is 0. The number of carboxylic acids is 1. The highest BCUT2D eigenvalue weighted by Gasteiger charge is 2.22. The Labute approximate surface area is 114 Å². The number of hydrogen-bond donors (Lipinski definition) is 2. The van der Waals surface area contributed by atoms with Crippen LogP contribution in [0.3, 0.4) is 0 Å². The van der Waals surface area contributed by atoms with Crippen LogP contribution in [0.2, 0.25) is 0 Å². The normalized spacial score (nSPS) is 17.1. The number of carbonyl (C=O) groups is 2. The fourth-order valence-electron chi connectivity index (χ4n) is 2.25. The summed E-state index contributed by atoms with van der Waals surface area (Å²) in [5.41, 5.74) is -0.435. The molecule has 0 saturated heterocycles. The lowest BCUT2D eigenvalue weighted by molar-refractivity contribution is -0.141. The molecule has 0 aromatic carbocycles. The molecule has 1 amide bonds. The van der Waals surface area contributed by atoms with Gasteiger partial charge in [0.1, 0.15) is 12.6 Å². The third kappa shape index (κ3) is 3.03. The molecule has 1 unspecified atom stereocenters. The number of rotatable bonds is 5. The zero-order chi connectivity index (χ0) is 14.7. The molecule has 0 radical (unpaired) electrons. The lowest BCUT2D eigenvalue weighted by Crippen LogP contribution is -2.41. The summed E-state index contributed by atoms with van der Waals surface area (Å²) in [6, 6.07) is -0.958. The highest BCUT2D eigenvalue weighted by Crippen LogP contribution is 2.26. The molecule has 20 heavy (non-hydrogen) atoms. The number of aliphatic carboxylic acids is 1. The van der Waals surface area contributed by atoms with Crippen LogP contribution in [-0.4, -0.2) is 42.8 Å². The van der Waals surface area contributed by atoms with Crippen molar-refractivity contribution in [3.63, 3.8) is 0 Å². The van der Waals surface area contributed by atoms with Gasteiger partial charge in [0.05, 0.1) is 6.04 Å². The van der Waals surface area contributed by atoms with Gasteiger partial charge in [0.15, 0.2) is 0 Å². The molecule has 1 aromatic heterocycles. The van der Waals surface area contributed by atoms with Crippen LogP contribution in [-0.2, 0) is 16.1 Å². The second-order valence-electron chi connectivity index (χ2n) is 4.93. The summed E-state index contributed by atoms with van der Waals surface area (Å²) < 4.78 is 2.25. The number of carboxylic acid groups (broad SMARTS) is 1. The first-order chi connectivity index (χ1) is 9.49. The molecule has 1 aromatic rings. The van der Waals surface area contributed by atoms with Crippen molar-refractivity contribution in [2.45, 2.75) is 51.2 Å². The van der Waals surface area contributed by atoms with Gasteiger partial charge >= 0.3 is 11.7 Å². The van der Waals surface area contributed by atoms with Crippen LogP contribution < -0.4 is 11.0 Å². The Kier molecular flexibility index (Phi) is 4.16. The minimum atomic E-state index is -1.14. The summed E-state index contributed by atoms with van der Waals surface area (Å²) in [5, 5.41) is 18.4. The van der Waals surface area contributed by atoms with Crippen LogP contribution in [0, 0.1) is 0 Å². The van der Waals surface area contributed by atoms with E-state index in [1.165, 1.54) is 11.6 Å². The topological polar surface area (TPSA) is 119 Å². The van der Waals surface area contributed by atoms with E-state index in [0.29, 0.717) is 0 Å². The average Bonchev–Trinajstić information content (AvgIpc) is 3.00. The molecule has 110 valence electrons. The molecule has 0 spiro atoms. The van der Waals surface area contributed by atoms with Crippen molar-refractivity contribution in [1.82, 2.24) is 25.1 Å². The Bertz CT molecular complexity index is 557. The molecule has 1 aliphatic rings. The summed E-state index contributed by atoms with van der Waals surface area (Å²) in [6.07, 6.45) is 3.89. The van der Waals surface area contributed by atoms with Crippen LogP contribution in [0.5, 0.6) is 0 Å². The standard InChI is InChI=1S/C11H17N5O4/c1-7(10(18)19)12-9(17)6-15-11(20)16(14-13-15)8-4-2-3-5-8/h7-8H,2-6H2,1H3,(H,12,17)(H,18,19). The predicted octanol–water partition coefficient (Wildman–Crippen LogP) is -0.856. The molecule has 1 atom stereocenters. The largest absolute Gasteiger partial charge is 0.480 e. The lowest BCUT2D eigenvalue weighted by atomic mass is 10.3. The van der Waals surface area contributed by atoms with Gasteiger partial charge in [-0.15, -0.1) is 0 Å². The van der Waals surface area contributed by atoms with Crippen LogP contribution in [0.25, 0.3) is 0 Å². The van der Waals surface area contributed by atoms with Gasteiger partial charge in [-0.3, -0.25) is 9.59 Å². The molecule has 1 fully saturated rings. The van der Waals surface area contributed by atoms with Crippen LogP contribution >= 0.6 is 0 Å². The van der Waals surface area contributed by atoms with E-state index in [0.717, 1.165) is 30.4 Å². The number of aromatic nitrogens is 4. The molecule has 0 aliphatic heterocycles. The van der Waals surface area contributed by atoms with E-state index in [2.05, 4.69) is 15.7 Å². The maximum atomic E-state index is 12.0. The van der Waals surface area contributed by atoms with E-state index in [1.54, 1.807) is 0 Å². The number of carbonyl (C=O) groups excluding carboxylic acids is 1. The third-order valence-corrected chi connectivity index (χ3v) is 3.37. The van der Waals surface area contributed by atoms with Crippen LogP contribution in [0.4, 0.5) is 0 Å². The molecule has 2 N–H and O–H groups in total. The zero-order valence-electron chi connectivity index (χ0n) is 11.2. The minimum absolute atomic E-state index is 0.0530. The Hall–Kier alpha value is -2.19. The number of tetrazole rings is 1. The van der Waals surface area contributed by atoms with Gasteiger partial charge < -0.3 is 10.4 Å². The summed E-state index contributed by atoms with van der Waals surface area (Å²) in [5.74, 6) is -1.72. The number of amides is 1. The maximum Gasteiger partial charge on any atom is 0.364 e. The highest BCUT2D eigenvalue weighted by atomic mass is 16.4. The summed E-state index contributed by atoms with van der Waals surface area (Å²) in [4.78, 5) is 34.2. The SMILES string of the molecule is CC(NC(=O)Cn1nnn(C2CCCC2)c1=O)C(=O)O. The van der Waals surface area contributed by atoms with Crippen molar-refractivity contribution in [2.75, 3.05) is 0 Å². The zero-order valence-corrected chi connectivity index (χ0v) is 11.2. The Balaban J connectivity index is 2.01. The van der Waals surface area contributed by atoms with Crippen molar-refractivity contribution in [3.05, 3.63) is 10.5 Å². The molecule has 9 heteroatoms. The highest BCUT2D eigenvalue weighted by molar-refractivity contribution is 5.82. The average molecular weight is 283 g/mol. The monoisotopic (exact) mass is 283 g/mol. The first kappa shape index (κ1) is 14.2. The third-order valence-electron chi connectivity index (χ3n) is 3.37. The van der Waals surface area contributed by atoms with Crippen molar-refractivity contribution in [1.29, 1.82) is 0 Å². The smallest absolute Gasteiger partial charge is 0.364 e. The fourth-order valence-corrected chi connectivity index (χ4v) is 2.25.